The highest BCUT2D eigenvalue weighted by atomic mass is 35.5. The Morgan fingerprint density at radius 2 is 1.82 bits per heavy atom. The van der Waals surface area contributed by atoms with Crippen LogP contribution in [-0.2, 0) is 4.79 Å². The molecule has 114 valence electrons. The third-order valence-corrected chi connectivity index (χ3v) is 3.36. The van der Waals surface area contributed by atoms with E-state index < -0.39 is 0 Å². The van der Waals surface area contributed by atoms with Crippen molar-refractivity contribution in [1.29, 1.82) is 0 Å². The van der Waals surface area contributed by atoms with Crippen LogP contribution >= 0.6 is 23.2 Å². The van der Waals surface area contributed by atoms with Crippen molar-refractivity contribution in [3.05, 3.63) is 70.2 Å². The Labute approximate surface area is 139 Å². The number of hydrogen-bond acceptors (Lipinski definition) is 2. The fourth-order valence-corrected chi connectivity index (χ4v) is 2.02. The lowest BCUT2D eigenvalue weighted by Gasteiger charge is -2.07. The van der Waals surface area contributed by atoms with Crippen LogP contribution < -0.4 is 10.1 Å². The summed E-state index contributed by atoms with van der Waals surface area (Å²) in [7, 11) is 0. The molecule has 22 heavy (non-hydrogen) atoms. The molecular formula is C17H15Cl2NO2. The van der Waals surface area contributed by atoms with Gasteiger partial charge in [-0.3, -0.25) is 4.79 Å². The maximum Gasteiger partial charge on any atom is 0.244 e. The largest absolute Gasteiger partial charge is 0.490 e. The maximum atomic E-state index is 11.7. The van der Waals surface area contributed by atoms with E-state index in [9.17, 15) is 4.79 Å². The number of halogens is 2. The number of ether oxygens (including phenoxy) is 1. The van der Waals surface area contributed by atoms with Gasteiger partial charge in [0.15, 0.2) is 0 Å². The minimum atomic E-state index is -0.183. The number of carbonyl (C=O) groups is 1. The van der Waals surface area contributed by atoms with Crippen molar-refractivity contribution in [2.75, 3.05) is 13.2 Å². The van der Waals surface area contributed by atoms with Gasteiger partial charge in [-0.05, 0) is 35.9 Å². The lowest BCUT2D eigenvalue weighted by molar-refractivity contribution is -0.116. The predicted octanol–water partition coefficient (Wildman–Crippen LogP) is 4.20. The van der Waals surface area contributed by atoms with Crippen molar-refractivity contribution < 1.29 is 9.53 Å². The van der Waals surface area contributed by atoms with Crippen LogP contribution in [0.4, 0.5) is 0 Å². The molecule has 0 heterocycles. The minimum absolute atomic E-state index is 0.183. The summed E-state index contributed by atoms with van der Waals surface area (Å²) in [4.78, 5) is 11.7. The highest BCUT2D eigenvalue weighted by molar-refractivity contribution is 6.32. The van der Waals surface area contributed by atoms with Gasteiger partial charge in [0.1, 0.15) is 12.4 Å². The highest BCUT2D eigenvalue weighted by Crippen LogP contribution is 2.22. The Morgan fingerprint density at radius 3 is 2.55 bits per heavy atom. The smallest absolute Gasteiger partial charge is 0.244 e. The van der Waals surface area contributed by atoms with Crippen molar-refractivity contribution >= 4 is 35.2 Å². The van der Waals surface area contributed by atoms with E-state index in [1.165, 1.54) is 6.08 Å². The Hall–Kier alpha value is -1.97. The molecule has 0 atom stereocenters. The number of benzene rings is 2. The lowest BCUT2D eigenvalue weighted by atomic mass is 10.2. The van der Waals surface area contributed by atoms with E-state index in [1.54, 1.807) is 30.3 Å². The first kappa shape index (κ1) is 16.4. The Kier molecular flexibility index (Phi) is 6.31. The first-order chi connectivity index (χ1) is 10.6. The number of hydrogen-bond donors (Lipinski definition) is 1. The molecule has 0 aliphatic carbocycles. The lowest BCUT2D eigenvalue weighted by Crippen LogP contribution is -2.26. The SMILES string of the molecule is O=C(/C=C/c1ccc(Cl)cc1)NCCOc1ccccc1Cl. The summed E-state index contributed by atoms with van der Waals surface area (Å²) in [6.07, 6.45) is 3.19. The van der Waals surface area contributed by atoms with Gasteiger partial charge in [0.05, 0.1) is 11.6 Å². The summed E-state index contributed by atoms with van der Waals surface area (Å²) in [5.41, 5.74) is 0.909. The van der Waals surface area contributed by atoms with Gasteiger partial charge >= 0.3 is 0 Å². The average Bonchev–Trinajstić information content (AvgIpc) is 2.52. The number of carbonyl (C=O) groups excluding carboxylic acids is 1. The molecule has 0 saturated carbocycles. The molecule has 3 nitrogen and oxygen atoms in total. The van der Waals surface area contributed by atoms with Gasteiger partial charge in [0, 0.05) is 11.1 Å². The summed E-state index contributed by atoms with van der Waals surface area (Å²) in [5.74, 6) is 0.424. The molecule has 0 aliphatic heterocycles. The van der Waals surface area contributed by atoms with Gasteiger partial charge in [-0.15, -0.1) is 0 Å². The fraction of sp³-hybridized carbons (Fsp3) is 0.118. The summed E-state index contributed by atoms with van der Waals surface area (Å²) in [6.45, 7) is 0.749. The number of para-hydroxylation sites is 1. The fourth-order valence-electron chi connectivity index (χ4n) is 1.70. The summed E-state index contributed by atoms with van der Waals surface area (Å²) in [6, 6.07) is 14.4. The Morgan fingerprint density at radius 1 is 1.09 bits per heavy atom. The van der Waals surface area contributed by atoms with Crippen LogP contribution in [0.3, 0.4) is 0 Å². The summed E-state index contributed by atoms with van der Waals surface area (Å²) < 4.78 is 5.48. The Balaban J connectivity index is 1.72. The van der Waals surface area contributed by atoms with Crippen LogP contribution in [0.15, 0.2) is 54.6 Å². The molecule has 0 bridgehead atoms. The van der Waals surface area contributed by atoms with E-state index in [4.69, 9.17) is 27.9 Å². The quantitative estimate of drug-likeness (QED) is 0.634. The maximum absolute atomic E-state index is 11.7. The Bertz CT molecular complexity index is 654. The standard InChI is InChI=1S/C17H15Cl2NO2/c18-14-8-5-13(6-9-14)7-10-17(21)20-11-12-22-16-4-2-1-3-15(16)19/h1-10H,11-12H2,(H,20,21)/b10-7+. The summed E-state index contributed by atoms with van der Waals surface area (Å²) >= 11 is 11.8. The second-order valence-electron chi connectivity index (χ2n) is 4.45. The normalized spacial score (nSPS) is 10.6. The van der Waals surface area contributed by atoms with Crippen LogP contribution in [0.25, 0.3) is 6.08 Å². The monoisotopic (exact) mass is 335 g/mol. The second-order valence-corrected chi connectivity index (χ2v) is 5.30. The van der Waals surface area contributed by atoms with Crippen molar-refractivity contribution in [3.63, 3.8) is 0 Å². The van der Waals surface area contributed by atoms with Gasteiger partial charge in [-0.25, -0.2) is 0 Å². The molecule has 0 aliphatic rings. The zero-order chi connectivity index (χ0) is 15.8. The third kappa shape index (κ3) is 5.43. The molecule has 1 amide bonds. The topological polar surface area (TPSA) is 38.3 Å². The zero-order valence-corrected chi connectivity index (χ0v) is 13.3. The molecule has 0 unspecified atom stereocenters. The molecule has 0 radical (unpaired) electrons. The van der Waals surface area contributed by atoms with Crippen LogP contribution in [0.1, 0.15) is 5.56 Å². The molecule has 2 aromatic rings. The summed E-state index contributed by atoms with van der Waals surface area (Å²) in [5, 5.41) is 3.95. The van der Waals surface area contributed by atoms with Crippen LogP contribution in [-0.4, -0.2) is 19.1 Å². The number of rotatable bonds is 6. The molecule has 0 saturated heterocycles. The predicted molar refractivity (Wildman–Crippen MR) is 90.4 cm³/mol. The van der Waals surface area contributed by atoms with Crippen molar-refractivity contribution in [1.82, 2.24) is 5.32 Å². The molecule has 0 spiro atoms. The second kappa shape index (κ2) is 8.47. The molecule has 2 rings (SSSR count). The third-order valence-electron chi connectivity index (χ3n) is 2.79. The van der Waals surface area contributed by atoms with Gasteiger partial charge < -0.3 is 10.1 Å². The van der Waals surface area contributed by atoms with E-state index in [0.29, 0.717) is 28.9 Å². The average molecular weight is 336 g/mol. The van der Waals surface area contributed by atoms with E-state index in [0.717, 1.165) is 5.56 Å². The van der Waals surface area contributed by atoms with E-state index in [1.807, 2.05) is 24.3 Å². The number of amides is 1. The van der Waals surface area contributed by atoms with E-state index >= 15 is 0 Å². The zero-order valence-electron chi connectivity index (χ0n) is 11.8. The number of nitrogens with one attached hydrogen (secondary N) is 1. The van der Waals surface area contributed by atoms with Crippen LogP contribution in [0, 0.1) is 0 Å². The van der Waals surface area contributed by atoms with Crippen LogP contribution in [0.5, 0.6) is 5.75 Å². The first-order valence-corrected chi connectivity index (χ1v) is 7.49. The van der Waals surface area contributed by atoms with E-state index in [2.05, 4.69) is 5.32 Å². The van der Waals surface area contributed by atoms with Gasteiger partial charge in [-0.2, -0.15) is 0 Å². The highest BCUT2D eigenvalue weighted by Gasteiger charge is 2.00. The minimum Gasteiger partial charge on any atom is -0.490 e. The molecule has 0 fully saturated rings. The van der Waals surface area contributed by atoms with Gasteiger partial charge in [0.2, 0.25) is 5.91 Å². The molecule has 1 N–H and O–H groups in total. The van der Waals surface area contributed by atoms with Gasteiger partial charge in [0.25, 0.3) is 0 Å². The van der Waals surface area contributed by atoms with Crippen molar-refractivity contribution in [2.45, 2.75) is 0 Å². The van der Waals surface area contributed by atoms with E-state index in [-0.39, 0.29) is 5.91 Å². The van der Waals surface area contributed by atoms with Crippen LogP contribution in [0.2, 0.25) is 10.0 Å². The molecular weight excluding hydrogens is 321 g/mol. The molecule has 5 heteroatoms. The van der Waals surface area contributed by atoms with Crippen molar-refractivity contribution in [2.24, 2.45) is 0 Å². The molecule has 2 aromatic carbocycles. The van der Waals surface area contributed by atoms with Gasteiger partial charge in [-0.1, -0.05) is 47.5 Å². The molecule has 0 aromatic heterocycles. The van der Waals surface area contributed by atoms with Crippen molar-refractivity contribution in [3.8, 4) is 5.75 Å². The first-order valence-electron chi connectivity index (χ1n) is 6.74.